The normalized spacial score (nSPS) is 14.1. The van der Waals surface area contributed by atoms with E-state index in [0.29, 0.717) is 5.44 Å². The Hall–Kier alpha value is 0.310. The van der Waals surface area contributed by atoms with Crippen LogP contribution in [-0.2, 0) is 4.74 Å². The van der Waals surface area contributed by atoms with E-state index in [4.69, 9.17) is 4.74 Å². The molecule has 0 saturated heterocycles. The lowest BCUT2D eigenvalue weighted by molar-refractivity contribution is 0.194. The Kier molecular flexibility index (Phi) is 4.67. The van der Waals surface area contributed by atoms with E-state index in [9.17, 15) is 0 Å². The van der Waals surface area contributed by atoms with E-state index in [-0.39, 0.29) is 0 Å². The van der Waals surface area contributed by atoms with Crippen molar-refractivity contribution >= 4 is 11.8 Å². The summed E-state index contributed by atoms with van der Waals surface area (Å²) in [5.74, 6) is 0. The van der Waals surface area contributed by atoms with Gasteiger partial charge < -0.3 is 4.74 Å². The maximum atomic E-state index is 5.03. The average Bonchev–Trinajstić information content (AvgIpc) is 1.68. The van der Waals surface area contributed by atoms with Crippen LogP contribution in [0, 0.1) is 6.61 Å². The lowest BCUT2D eigenvalue weighted by Crippen LogP contribution is -1.96. The van der Waals surface area contributed by atoms with E-state index in [1.54, 1.807) is 18.4 Å². The monoisotopic (exact) mass is 119 g/mol. The fraction of sp³-hybridized carbons (Fsp3) is 0.800. The third-order valence-electron chi connectivity index (χ3n) is 0.660. The molecule has 0 aliphatic heterocycles. The van der Waals surface area contributed by atoms with E-state index in [1.165, 1.54) is 0 Å². The number of hydrogen-bond acceptors (Lipinski definition) is 2. The molecule has 0 aromatic rings. The number of hydrogen-bond donors (Lipinski definition) is 0. The van der Waals surface area contributed by atoms with Crippen molar-refractivity contribution < 1.29 is 4.74 Å². The van der Waals surface area contributed by atoms with Crippen LogP contribution < -0.4 is 0 Å². The highest BCUT2D eigenvalue weighted by molar-refractivity contribution is 7.99. The van der Waals surface area contributed by atoms with Crippen LogP contribution in [-0.4, -0.2) is 11.7 Å². The quantitative estimate of drug-likeness (QED) is 0.525. The first-order valence-electron chi connectivity index (χ1n) is 2.27. The molecule has 0 saturated carbocycles. The second-order valence-electron chi connectivity index (χ2n) is 1.18. The summed E-state index contributed by atoms with van der Waals surface area (Å²) >= 11 is 1.70. The standard InChI is InChI=1S/C5H11OS/c1-4-6-5(2)7-3/h4-5H,1-3H3. The molecule has 7 heavy (non-hydrogen) atoms. The van der Waals surface area contributed by atoms with Crippen molar-refractivity contribution in [1.29, 1.82) is 0 Å². The smallest absolute Gasteiger partial charge is 0.100 e. The van der Waals surface area contributed by atoms with Crippen molar-refractivity contribution in [2.45, 2.75) is 19.3 Å². The van der Waals surface area contributed by atoms with E-state index in [2.05, 4.69) is 0 Å². The van der Waals surface area contributed by atoms with Crippen LogP contribution in [0.4, 0.5) is 0 Å². The molecule has 0 rings (SSSR count). The molecule has 2 heteroatoms. The van der Waals surface area contributed by atoms with Crippen LogP contribution in [0.25, 0.3) is 0 Å². The highest BCUT2D eigenvalue weighted by atomic mass is 32.2. The summed E-state index contributed by atoms with van der Waals surface area (Å²) in [7, 11) is 0. The first-order valence-corrected chi connectivity index (χ1v) is 3.56. The van der Waals surface area contributed by atoms with Gasteiger partial charge in [-0.05, 0) is 20.1 Å². The molecule has 43 valence electrons. The topological polar surface area (TPSA) is 9.23 Å². The lowest BCUT2D eigenvalue weighted by atomic mass is 10.8. The van der Waals surface area contributed by atoms with Gasteiger partial charge in [-0.1, -0.05) is 0 Å². The molecule has 0 fully saturated rings. The molecule has 0 spiro atoms. The molecule has 0 bridgehead atoms. The molecule has 0 aromatic heterocycles. The SMILES string of the molecule is C[CH]OC(C)SC. The largest absolute Gasteiger partial charge is 0.362 e. The van der Waals surface area contributed by atoms with E-state index >= 15 is 0 Å². The highest BCUT2D eigenvalue weighted by Crippen LogP contribution is 2.06. The number of ether oxygens (including phenoxy) is 1. The minimum absolute atomic E-state index is 0.310. The molecule has 1 radical (unpaired) electrons. The van der Waals surface area contributed by atoms with Gasteiger partial charge in [0.15, 0.2) is 0 Å². The van der Waals surface area contributed by atoms with Gasteiger partial charge in [-0.25, -0.2) is 0 Å². The van der Waals surface area contributed by atoms with Gasteiger partial charge in [0, 0.05) is 0 Å². The second kappa shape index (κ2) is 4.47. The Labute approximate surface area is 49.4 Å². The van der Waals surface area contributed by atoms with Crippen molar-refractivity contribution in [3.8, 4) is 0 Å². The number of rotatable bonds is 3. The molecular weight excluding hydrogens is 108 g/mol. The van der Waals surface area contributed by atoms with Crippen LogP contribution >= 0.6 is 11.8 Å². The van der Waals surface area contributed by atoms with E-state index in [1.807, 2.05) is 20.1 Å². The third-order valence-corrected chi connectivity index (χ3v) is 1.43. The van der Waals surface area contributed by atoms with Crippen molar-refractivity contribution in [2.75, 3.05) is 6.26 Å². The molecule has 1 nitrogen and oxygen atoms in total. The summed E-state index contributed by atoms with van der Waals surface area (Å²) in [6, 6.07) is 0. The minimum Gasteiger partial charge on any atom is -0.362 e. The first-order chi connectivity index (χ1) is 3.31. The van der Waals surface area contributed by atoms with Gasteiger partial charge in [-0.2, -0.15) is 0 Å². The Morgan fingerprint density at radius 3 is 2.43 bits per heavy atom. The van der Waals surface area contributed by atoms with Crippen LogP contribution in [0.1, 0.15) is 13.8 Å². The highest BCUT2D eigenvalue weighted by Gasteiger charge is 1.92. The molecule has 0 heterocycles. The first kappa shape index (κ1) is 7.31. The summed E-state index contributed by atoms with van der Waals surface area (Å²) in [6.45, 7) is 5.61. The Bertz CT molecular complexity index is 39.1. The van der Waals surface area contributed by atoms with Gasteiger partial charge in [-0.3, -0.25) is 0 Å². The Balaban J connectivity index is 2.83. The van der Waals surface area contributed by atoms with Gasteiger partial charge in [0.05, 0.1) is 6.61 Å². The van der Waals surface area contributed by atoms with Crippen LogP contribution in [0.15, 0.2) is 0 Å². The Morgan fingerprint density at radius 1 is 1.71 bits per heavy atom. The Morgan fingerprint density at radius 2 is 2.29 bits per heavy atom. The zero-order valence-electron chi connectivity index (χ0n) is 4.97. The molecule has 0 aromatic carbocycles. The summed E-state index contributed by atoms with van der Waals surface area (Å²) < 4.78 is 5.03. The average molecular weight is 119 g/mol. The maximum Gasteiger partial charge on any atom is 0.100 e. The summed E-state index contributed by atoms with van der Waals surface area (Å²) in [5, 5.41) is 0. The molecule has 0 amide bonds. The molecular formula is C5H11OS. The predicted octanol–water partition coefficient (Wildman–Crippen LogP) is 1.89. The summed E-state index contributed by atoms with van der Waals surface area (Å²) in [5.41, 5.74) is 0.310. The van der Waals surface area contributed by atoms with Crippen molar-refractivity contribution in [1.82, 2.24) is 0 Å². The number of thioether (sulfide) groups is 1. The molecule has 0 aliphatic rings. The molecule has 0 aliphatic carbocycles. The summed E-state index contributed by atoms with van der Waals surface area (Å²) in [4.78, 5) is 0. The van der Waals surface area contributed by atoms with Gasteiger partial charge in [-0.15, -0.1) is 11.8 Å². The zero-order valence-corrected chi connectivity index (χ0v) is 5.79. The van der Waals surface area contributed by atoms with Gasteiger partial charge in [0.1, 0.15) is 5.44 Å². The van der Waals surface area contributed by atoms with E-state index < -0.39 is 0 Å². The maximum absolute atomic E-state index is 5.03. The van der Waals surface area contributed by atoms with Crippen LogP contribution in [0.2, 0.25) is 0 Å². The lowest BCUT2D eigenvalue weighted by Gasteiger charge is -2.04. The zero-order chi connectivity index (χ0) is 5.70. The van der Waals surface area contributed by atoms with Crippen LogP contribution in [0.5, 0.6) is 0 Å². The van der Waals surface area contributed by atoms with Crippen molar-refractivity contribution in [2.24, 2.45) is 0 Å². The second-order valence-corrected chi connectivity index (χ2v) is 2.31. The minimum atomic E-state index is 0.310. The fourth-order valence-electron chi connectivity index (χ4n) is 0.247. The molecule has 1 unspecified atom stereocenters. The van der Waals surface area contributed by atoms with Crippen LogP contribution in [0.3, 0.4) is 0 Å². The van der Waals surface area contributed by atoms with Crippen molar-refractivity contribution in [3.05, 3.63) is 6.61 Å². The molecule has 1 atom stereocenters. The third kappa shape index (κ3) is 4.16. The van der Waals surface area contributed by atoms with Gasteiger partial charge >= 0.3 is 0 Å². The van der Waals surface area contributed by atoms with E-state index in [0.717, 1.165) is 0 Å². The summed E-state index contributed by atoms with van der Waals surface area (Å²) in [6.07, 6.45) is 2.02. The van der Waals surface area contributed by atoms with Crippen molar-refractivity contribution in [3.63, 3.8) is 0 Å². The fourth-order valence-corrected chi connectivity index (χ4v) is 0.469. The van der Waals surface area contributed by atoms with Gasteiger partial charge in [0.2, 0.25) is 0 Å². The predicted molar refractivity (Wildman–Crippen MR) is 34.0 cm³/mol. The van der Waals surface area contributed by atoms with Gasteiger partial charge in [0.25, 0.3) is 0 Å². The molecule has 0 N–H and O–H groups in total.